The van der Waals surface area contributed by atoms with Gasteiger partial charge in [0.15, 0.2) is 0 Å². The van der Waals surface area contributed by atoms with Gasteiger partial charge in [0.1, 0.15) is 12.4 Å². The zero-order chi connectivity index (χ0) is 13.7. The van der Waals surface area contributed by atoms with E-state index in [2.05, 4.69) is 24.4 Å². The van der Waals surface area contributed by atoms with Crippen molar-refractivity contribution in [2.24, 2.45) is 0 Å². The van der Waals surface area contributed by atoms with Gasteiger partial charge in [0.2, 0.25) is 0 Å². The first-order valence-corrected chi connectivity index (χ1v) is 6.69. The number of nitrogens with one attached hydrogen (secondary N) is 1. The van der Waals surface area contributed by atoms with Crippen LogP contribution in [0.2, 0.25) is 5.02 Å². The summed E-state index contributed by atoms with van der Waals surface area (Å²) in [5, 5.41) is 3.90. The molecule has 0 aromatic heterocycles. The van der Waals surface area contributed by atoms with Gasteiger partial charge in [-0.1, -0.05) is 41.9 Å². The van der Waals surface area contributed by atoms with Crippen molar-refractivity contribution in [2.45, 2.75) is 20.1 Å². The molecule has 0 aliphatic heterocycles. The van der Waals surface area contributed by atoms with Crippen molar-refractivity contribution in [3.05, 3.63) is 64.2 Å². The molecule has 0 saturated carbocycles. The Balaban J connectivity index is 2.14. The fraction of sp³-hybridized carbons (Fsp3) is 0.250. The third-order valence-electron chi connectivity index (χ3n) is 2.93. The molecule has 0 fully saturated rings. The van der Waals surface area contributed by atoms with Crippen LogP contribution in [-0.4, -0.2) is 7.05 Å². The molecule has 0 heterocycles. The van der Waals surface area contributed by atoms with Crippen LogP contribution in [-0.2, 0) is 13.2 Å². The lowest BCUT2D eigenvalue weighted by atomic mass is 10.1. The summed E-state index contributed by atoms with van der Waals surface area (Å²) in [6.45, 7) is 3.39. The maximum atomic E-state index is 5.97. The Bertz CT molecular complexity index is 554. The summed E-state index contributed by atoms with van der Waals surface area (Å²) in [5.74, 6) is 0.955. The van der Waals surface area contributed by atoms with Gasteiger partial charge < -0.3 is 10.1 Å². The molecule has 3 heteroatoms. The number of hydrogen-bond donors (Lipinski definition) is 1. The predicted molar refractivity (Wildman–Crippen MR) is 79.7 cm³/mol. The molecule has 19 heavy (non-hydrogen) atoms. The van der Waals surface area contributed by atoms with Crippen molar-refractivity contribution in [2.75, 3.05) is 7.05 Å². The number of halogens is 1. The van der Waals surface area contributed by atoms with Gasteiger partial charge in [-0.2, -0.15) is 0 Å². The number of para-hydroxylation sites is 1. The van der Waals surface area contributed by atoms with E-state index in [1.54, 1.807) is 0 Å². The van der Waals surface area contributed by atoms with Crippen LogP contribution in [0.1, 0.15) is 16.7 Å². The van der Waals surface area contributed by atoms with E-state index in [0.29, 0.717) is 6.61 Å². The SMILES string of the molecule is CNCc1cccc(C)c1OCc1cccc(Cl)c1. The van der Waals surface area contributed by atoms with E-state index in [-0.39, 0.29) is 0 Å². The monoisotopic (exact) mass is 275 g/mol. The second kappa shape index (κ2) is 6.60. The number of rotatable bonds is 5. The van der Waals surface area contributed by atoms with Crippen molar-refractivity contribution < 1.29 is 4.74 Å². The van der Waals surface area contributed by atoms with Gasteiger partial charge >= 0.3 is 0 Å². The Kier molecular flexibility index (Phi) is 4.83. The Morgan fingerprint density at radius 3 is 2.68 bits per heavy atom. The smallest absolute Gasteiger partial charge is 0.127 e. The van der Waals surface area contributed by atoms with E-state index in [9.17, 15) is 0 Å². The molecule has 0 spiro atoms. The van der Waals surface area contributed by atoms with Crippen molar-refractivity contribution in [1.29, 1.82) is 0 Å². The topological polar surface area (TPSA) is 21.3 Å². The lowest BCUT2D eigenvalue weighted by molar-refractivity contribution is 0.300. The maximum Gasteiger partial charge on any atom is 0.127 e. The summed E-state index contributed by atoms with van der Waals surface area (Å²) in [6, 6.07) is 13.9. The Morgan fingerprint density at radius 1 is 1.16 bits per heavy atom. The highest BCUT2D eigenvalue weighted by molar-refractivity contribution is 6.30. The first-order valence-electron chi connectivity index (χ1n) is 6.31. The maximum absolute atomic E-state index is 5.97. The Morgan fingerprint density at radius 2 is 1.95 bits per heavy atom. The minimum Gasteiger partial charge on any atom is -0.488 e. The zero-order valence-electron chi connectivity index (χ0n) is 11.2. The number of benzene rings is 2. The molecule has 0 aliphatic carbocycles. The van der Waals surface area contributed by atoms with Crippen LogP contribution in [0.25, 0.3) is 0 Å². The number of ether oxygens (including phenoxy) is 1. The third-order valence-corrected chi connectivity index (χ3v) is 3.17. The number of hydrogen-bond acceptors (Lipinski definition) is 2. The molecule has 1 N–H and O–H groups in total. The van der Waals surface area contributed by atoms with E-state index in [1.807, 2.05) is 37.4 Å². The van der Waals surface area contributed by atoms with Gasteiger partial charge in [-0.15, -0.1) is 0 Å². The molecular formula is C16H18ClNO. The van der Waals surface area contributed by atoms with Crippen LogP contribution in [0.5, 0.6) is 5.75 Å². The molecule has 0 bridgehead atoms. The van der Waals surface area contributed by atoms with E-state index in [4.69, 9.17) is 16.3 Å². The van der Waals surface area contributed by atoms with Gasteiger partial charge in [-0.25, -0.2) is 0 Å². The molecule has 0 radical (unpaired) electrons. The quantitative estimate of drug-likeness (QED) is 0.892. The van der Waals surface area contributed by atoms with Gasteiger partial charge in [-0.3, -0.25) is 0 Å². The van der Waals surface area contributed by atoms with Crippen molar-refractivity contribution in [3.63, 3.8) is 0 Å². The summed E-state index contributed by atoms with van der Waals surface area (Å²) in [7, 11) is 1.93. The van der Waals surface area contributed by atoms with Gasteiger partial charge in [0, 0.05) is 17.1 Å². The van der Waals surface area contributed by atoms with E-state index >= 15 is 0 Å². The van der Waals surface area contributed by atoms with Crippen LogP contribution >= 0.6 is 11.6 Å². The minimum atomic E-state index is 0.530. The summed E-state index contributed by atoms with van der Waals surface area (Å²) >= 11 is 5.97. The van der Waals surface area contributed by atoms with Gasteiger partial charge in [0.05, 0.1) is 0 Å². The molecule has 0 aliphatic rings. The van der Waals surface area contributed by atoms with E-state index in [0.717, 1.165) is 28.4 Å². The second-order valence-corrected chi connectivity index (χ2v) is 4.95. The van der Waals surface area contributed by atoms with Crippen LogP contribution in [0.4, 0.5) is 0 Å². The Labute approximate surface area is 119 Å². The van der Waals surface area contributed by atoms with Crippen molar-refractivity contribution >= 4 is 11.6 Å². The molecule has 0 atom stereocenters. The Hall–Kier alpha value is -1.51. The molecule has 100 valence electrons. The summed E-state index contributed by atoms with van der Waals surface area (Å²) in [5.41, 5.74) is 3.39. The van der Waals surface area contributed by atoms with Crippen molar-refractivity contribution in [3.8, 4) is 5.75 Å². The van der Waals surface area contributed by atoms with Crippen LogP contribution in [0, 0.1) is 6.92 Å². The average molecular weight is 276 g/mol. The van der Waals surface area contributed by atoms with E-state index in [1.165, 1.54) is 5.56 Å². The highest BCUT2D eigenvalue weighted by atomic mass is 35.5. The molecule has 2 nitrogen and oxygen atoms in total. The standard InChI is InChI=1S/C16H18ClNO/c1-12-5-3-7-14(10-18-2)16(12)19-11-13-6-4-8-15(17)9-13/h3-9,18H,10-11H2,1-2H3. The van der Waals surface area contributed by atoms with Crippen LogP contribution in [0.3, 0.4) is 0 Å². The zero-order valence-corrected chi connectivity index (χ0v) is 12.0. The molecule has 2 aromatic rings. The summed E-state index contributed by atoms with van der Waals surface area (Å²) in [4.78, 5) is 0. The second-order valence-electron chi connectivity index (χ2n) is 4.51. The normalized spacial score (nSPS) is 10.5. The lowest BCUT2D eigenvalue weighted by Gasteiger charge is -2.14. The molecular weight excluding hydrogens is 258 g/mol. The molecule has 2 rings (SSSR count). The van der Waals surface area contributed by atoms with Crippen LogP contribution < -0.4 is 10.1 Å². The first-order chi connectivity index (χ1) is 9.20. The molecule has 0 saturated heterocycles. The molecule has 2 aromatic carbocycles. The highest BCUT2D eigenvalue weighted by Gasteiger charge is 2.06. The average Bonchev–Trinajstić information content (AvgIpc) is 2.38. The van der Waals surface area contributed by atoms with Crippen LogP contribution in [0.15, 0.2) is 42.5 Å². The third kappa shape index (κ3) is 3.72. The lowest BCUT2D eigenvalue weighted by Crippen LogP contribution is -2.08. The minimum absolute atomic E-state index is 0.530. The summed E-state index contributed by atoms with van der Waals surface area (Å²) < 4.78 is 5.96. The molecule has 0 amide bonds. The van der Waals surface area contributed by atoms with Gasteiger partial charge in [-0.05, 0) is 37.2 Å². The first kappa shape index (κ1) is 13.9. The van der Waals surface area contributed by atoms with E-state index < -0.39 is 0 Å². The highest BCUT2D eigenvalue weighted by Crippen LogP contribution is 2.24. The largest absolute Gasteiger partial charge is 0.488 e. The number of aryl methyl sites for hydroxylation is 1. The van der Waals surface area contributed by atoms with Gasteiger partial charge in [0.25, 0.3) is 0 Å². The summed E-state index contributed by atoms with van der Waals surface area (Å²) in [6.07, 6.45) is 0. The predicted octanol–water partition coefficient (Wildman–Crippen LogP) is 3.95. The molecule has 0 unspecified atom stereocenters. The fourth-order valence-electron chi connectivity index (χ4n) is 2.03. The fourth-order valence-corrected chi connectivity index (χ4v) is 2.24. The van der Waals surface area contributed by atoms with Crippen molar-refractivity contribution in [1.82, 2.24) is 5.32 Å².